The highest BCUT2D eigenvalue weighted by Gasteiger charge is 2.37. The molecule has 2 aromatic rings. The Kier molecular flexibility index (Phi) is 34.5. The molecule has 0 unspecified atom stereocenters. The van der Waals surface area contributed by atoms with E-state index in [4.69, 9.17) is 28.7 Å². The predicted octanol–water partition coefficient (Wildman–Crippen LogP) is -3.92. The van der Waals surface area contributed by atoms with Crippen molar-refractivity contribution in [1.29, 1.82) is 0 Å². The number of nitrogens with one attached hydrogen (secondary N) is 11. The Morgan fingerprint density at radius 2 is 1.02 bits per heavy atom. The first kappa shape index (κ1) is 75.4. The number of phenols is 1. The molecule has 29 nitrogen and oxygen atoms in total. The summed E-state index contributed by atoms with van der Waals surface area (Å²) in [5.74, 6) is -9.68. The monoisotopic (exact) mass is 1250 g/mol. The van der Waals surface area contributed by atoms with Crippen LogP contribution in [0.1, 0.15) is 122 Å². The topological polar surface area (TPSA) is 491 Å². The van der Waals surface area contributed by atoms with Crippen LogP contribution in [0.15, 0.2) is 54.6 Å². The molecule has 1 saturated heterocycles. The Hall–Kier alpha value is -7.83. The maximum absolute atomic E-state index is 14.7. The second kappa shape index (κ2) is 40.7. The van der Waals surface area contributed by atoms with E-state index >= 15 is 0 Å². The van der Waals surface area contributed by atoms with Gasteiger partial charge in [-0.15, -0.1) is 0 Å². The van der Waals surface area contributed by atoms with Crippen molar-refractivity contribution >= 4 is 65.0 Å². The zero-order chi connectivity index (χ0) is 66.0. The molecule has 1 heterocycles. The number of hydrogen-bond acceptors (Lipinski definition) is 18. The van der Waals surface area contributed by atoms with Gasteiger partial charge in [0.05, 0.1) is 6.10 Å². The molecule has 3 rings (SSSR count). The van der Waals surface area contributed by atoms with Gasteiger partial charge in [-0.25, -0.2) is 0 Å². The third-order valence-corrected chi connectivity index (χ3v) is 14.7. The molecule has 89 heavy (non-hydrogen) atoms. The molecule has 0 aliphatic carbocycles. The van der Waals surface area contributed by atoms with Crippen molar-refractivity contribution < 1.29 is 63.0 Å². The van der Waals surface area contributed by atoms with Crippen LogP contribution in [0, 0.1) is 5.92 Å². The van der Waals surface area contributed by atoms with Crippen molar-refractivity contribution in [2.75, 3.05) is 39.3 Å². The van der Waals surface area contributed by atoms with E-state index in [9.17, 15) is 63.0 Å². The van der Waals surface area contributed by atoms with Crippen LogP contribution in [0.4, 0.5) is 0 Å². The number of benzene rings is 2. The highest BCUT2D eigenvalue weighted by Crippen LogP contribution is 2.15. The predicted molar refractivity (Wildman–Crippen MR) is 332 cm³/mol. The van der Waals surface area contributed by atoms with Gasteiger partial charge < -0.3 is 97.4 Å². The van der Waals surface area contributed by atoms with Crippen LogP contribution in [0.25, 0.3) is 0 Å². The number of phenolic OH excluding ortho intramolecular Hbond substituents is 1. The maximum atomic E-state index is 14.7. The highest BCUT2D eigenvalue weighted by molar-refractivity contribution is 5.99. The minimum absolute atomic E-state index is 0.00448. The van der Waals surface area contributed by atoms with E-state index in [0.717, 1.165) is 25.7 Å². The maximum Gasteiger partial charge on any atom is 0.245 e. The third-order valence-electron chi connectivity index (χ3n) is 14.7. The van der Waals surface area contributed by atoms with E-state index in [1.54, 1.807) is 44.2 Å². The first-order valence-corrected chi connectivity index (χ1v) is 30.8. The lowest BCUT2D eigenvalue weighted by Crippen LogP contribution is -2.61. The zero-order valence-electron chi connectivity index (χ0n) is 51.7. The quantitative estimate of drug-likeness (QED) is 0.0332. The molecule has 0 saturated carbocycles. The Labute approximate surface area is 520 Å². The van der Waals surface area contributed by atoms with Gasteiger partial charge in [0.1, 0.15) is 66.2 Å². The Balaban J connectivity index is 2.12. The molecule has 11 atom stereocenters. The first-order valence-electron chi connectivity index (χ1n) is 30.8. The molecule has 1 fully saturated rings. The number of aliphatic hydroxyl groups is 1. The molecule has 1 aliphatic heterocycles. The highest BCUT2D eigenvalue weighted by atomic mass is 16.3. The third kappa shape index (κ3) is 27.2. The molecule has 496 valence electrons. The first-order chi connectivity index (χ1) is 42.5. The molecule has 0 spiro atoms. The molecular formula is C60H98N16O13. The fraction of sp³-hybridized carbons (Fsp3) is 0.617. The van der Waals surface area contributed by atoms with Gasteiger partial charge in [-0.3, -0.25) is 52.7 Å². The van der Waals surface area contributed by atoms with Gasteiger partial charge >= 0.3 is 0 Å². The molecule has 0 radical (unpaired) electrons. The average molecular weight is 1250 g/mol. The average Bonchev–Trinajstić information content (AvgIpc) is 3.69. The second-order valence-electron chi connectivity index (χ2n) is 22.7. The van der Waals surface area contributed by atoms with E-state index in [1.807, 2.05) is 0 Å². The fourth-order valence-electron chi connectivity index (χ4n) is 9.73. The Morgan fingerprint density at radius 1 is 0.539 bits per heavy atom. The van der Waals surface area contributed by atoms with Crippen molar-refractivity contribution in [2.45, 2.75) is 191 Å². The number of carbonyl (C=O) groups excluding carboxylic acids is 11. The molecule has 0 bridgehead atoms. The summed E-state index contributed by atoms with van der Waals surface area (Å²) in [6.07, 6.45) is 1.50. The summed E-state index contributed by atoms with van der Waals surface area (Å²) in [5.41, 5.74) is 30.7. The van der Waals surface area contributed by atoms with Crippen LogP contribution in [0.5, 0.6) is 5.75 Å². The van der Waals surface area contributed by atoms with Crippen LogP contribution < -0.4 is 87.2 Å². The van der Waals surface area contributed by atoms with Gasteiger partial charge in [-0.1, -0.05) is 88.9 Å². The summed E-state index contributed by atoms with van der Waals surface area (Å²) in [6.45, 7) is 5.73. The second-order valence-corrected chi connectivity index (χ2v) is 22.7. The largest absolute Gasteiger partial charge is 0.508 e. The van der Waals surface area contributed by atoms with Crippen molar-refractivity contribution in [1.82, 2.24) is 58.5 Å². The van der Waals surface area contributed by atoms with Gasteiger partial charge in [0.15, 0.2) is 0 Å². The van der Waals surface area contributed by atoms with Crippen LogP contribution in [0.2, 0.25) is 0 Å². The Morgan fingerprint density at radius 3 is 1.56 bits per heavy atom. The van der Waals surface area contributed by atoms with E-state index in [-0.39, 0.29) is 108 Å². The summed E-state index contributed by atoms with van der Waals surface area (Å²) >= 11 is 0. The minimum Gasteiger partial charge on any atom is -0.508 e. The van der Waals surface area contributed by atoms with Crippen LogP contribution in [-0.2, 0) is 65.6 Å². The number of carbonyl (C=O) groups is 11. The fourth-order valence-corrected chi connectivity index (χ4v) is 9.73. The summed E-state index contributed by atoms with van der Waals surface area (Å²) in [5, 5.41) is 49.6. The summed E-state index contributed by atoms with van der Waals surface area (Å²) in [6, 6.07) is -0.0915. The van der Waals surface area contributed by atoms with E-state index < -0.39 is 139 Å². The zero-order valence-corrected chi connectivity index (χ0v) is 51.7. The van der Waals surface area contributed by atoms with Gasteiger partial charge in [0, 0.05) is 25.8 Å². The lowest BCUT2D eigenvalue weighted by Gasteiger charge is -2.28. The molecule has 11 amide bonds. The van der Waals surface area contributed by atoms with Crippen LogP contribution in [0.3, 0.4) is 0 Å². The number of aromatic hydroxyl groups is 1. The van der Waals surface area contributed by atoms with Gasteiger partial charge in [0.25, 0.3) is 0 Å². The van der Waals surface area contributed by atoms with Gasteiger partial charge in [-0.2, -0.15) is 0 Å². The molecule has 1 aliphatic rings. The standard InChI is InChI=1S/C60H98N16O13/c1-5-6-7-8-12-15-49(79)67-40(20-26-61)51(80)74-48(34-38-16-18-39(78)19-17-38)58(87)71-42(22-28-63)53(82)72-45-25-31-66-60(89)50(36(4)77)76-56(85)44(24-30-65)69-52(81)41(21-27-62)70-57(86)46(32-35(2)3)73-59(88)47(33-37-13-10-9-11-14-37)75-54(83)43(23-29-64)68-55(45)84/h9-11,13-14,16-19,35-36,40-48,50,77-78H,5-8,12,15,20-34,61-65H2,1-4H3,(H,66,89)(H,67,79)(H,68,84)(H,69,81)(H,70,86)(H,71,87)(H,72,82)(H,73,88)(H,74,80)(H,75,83)(H,76,85)/t36-,40+,41+,42+,43+,44+,45+,46+,47-,48+,50+/m1/s1. The lowest BCUT2D eigenvalue weighted by atomic mass is 10.00. The van der Waals surface area contributed by atoms with Crippen molar-refractivity contribution in [3.8, 4) is 5.75 Å². The van der Waals surface area contributed by atoms with Crippen LogP contribution >= 0.6 is 0 Å². The van der Waals surface area contributed by atoms with E-state index in [0.29, 0.717) is 17.5 Å². The summed E-state index contributed by atoms with van der Waals surface area (Å²) in [4.78, 5) is 156. The number of amides is 11. The van der Waals surface area contributed by atoms with Crippen molar-refractivity contribution in [3.05, 3.63) is 65.7 Å². The van der Waals surface area contributed by atoms with Gasteiger partial charge in [-0.05, 0) is 120 Å². The van der Waals surface area contributed by atoms with Crippen molar-refractivity contribution in [3.63, 3.8) is 0 Å². The van der Waals surface area contributed by atoms with Crippen LogP contribution in [-0.4, -0.2) is 181 Å². The number of hydrogen-bond donors (Lipinski definition) is 18. The smallest absolute Gasteiger partial charge is 0.245 e. The number of rotatable bonds is 30. The van der Waals surface area contributed by atoms with E-state index in [1.165, 1.54) is 31.2 Å². The SMILES string of the molecule is CCCCCCCC(=O)N[C@@H](CCN)C(=O)N[C@@H](Cc1ccc(O)cc1)C(=O)N[C@@H](CCN)C(=O)N[C@H]1CCNC(=O)[C@H]([C@@H](C)O)NC(=O)[C@H](CCN)NC(=O)[C@H](CCN)NC(=O)[C@H](CC(C)C)NC(=O)[C@@H](Cc2ccccc2)NC(=O)[C@H](CCN)NC1=O. The molecule has 2 aromatic carbocycles. The number of nitrogens with two attached hydrogens (primary N) is 5. The molecule has 0 aromatic heterocycles. The molecular weight excluding hydrogens is 1150 g/mol. The summed E-state index contributed by atoms with van der Waals surface area (Å²) in [7, 11) is 0. The molecule has 23 N–H and O–H groups in total. The minimum atomic E-state index is -1.69. The number of aliphatic hydroxyl groups excluding tert-OH is 1. The summed E-state index contributed by atoms with van der Waals surface area (Å²) < 4.78 is 0. The van der Waals surface area contributed by atoms with E-state index in [2.05, 4.69) is 65.4 Å². The molecule has 29 heteroatoms. The number of unbranched alkanes of at least 4 members (excludes halogenated alkanes) is 4. The normalized spacial score (nSPS) is 21.6. The Bertz CT molecular complexity index is 2600. The lowest BCUT2D eigenvalue weighted by molar-refractivity contribution is -0.136. The van der Waals surface area contributed by atoms with Gasteiger partial charge in [0.2, 0.25) is 65.0 Å². The van der Waals surface area contributed by atoms with Crippen molar-refractivity contribution in [2.24, 2.45) is 34.6 Å².